The van der Waals surface area contributed by atoms with Crippen molar-refractivity contribution in [3.63, 3.8) is 0 Å². The maximum atomic E-state index is 3.59. The minimum Gasteiger partial charge on any atom is -0.314 e. The summed E-state index contributed by atoms with van der Waals surface area (Å²) in [5.74, 6) is 1.75. The smallest absolute Gasteiger partial charge is 0.00219 e. The molecule has 1 N–H and O–H groups in total. The molecule has 1 aliphatic heterocycles. The topological polar surface area (TPSA) is 15.3 Å². The molecule has 2 heteroatoms. The molecule has 0 bridgehead atoms. The molecular weight excluding hydrogens is 208 g/mol. The number of nitrogens with zero attached hydrogens (tertiary/aromatic N) is 1. The number of piperidine rings is 1. The molecular formula is C15H32N2. The standard InChI is InChI=1S/C15H32N2/c1-5-7-14(4)11-17-9-6-8-15(12-17)10-16-13(2)3/h13-16H,5-12H2,1-4H3. The Labute approximate surface area is 108 Å². The first-order valence-corrected chi connectivity index (χ1v) is 7.57. The van der Waals surface area contributed by atoms with E-state index in [0.717, 1.165) is 11.8 Å². The van der Waals surface area contributed by atoms with E-state index >= 15 is 0 Å². The van der Waals surface area contributed by atoms with Crippen molar-refractivity contribution in [3.8, 4) is 0 Å². The average molecular weight is 240 g/mol. The molecule has 2 atom stereocenters. The van der Waals surface area contributed by atoms with E-state index in [0.29, 0.717) is 6.04 Å². The van der Waals surface area contributed by atoms with E-state index in [1.807, 2.05) is 0 Å². The third-order valence-electron chi connectivity index (χ3n) is 3.77. The highest BCUT2D eigenvalue weighted by atomic mass is 15.1. The summed E-state index contributed by atoms with van der Waals surface area (Å²) in [6.07, 6.45) is 5.51. The summed E-state index contributed by atoms with van der Waals surface area (Å²) in [5.41, 5.74) is 0. The van der Waals surface area contributed by atoms with E-state index in [1.165, 1.54) is 51.9 Å². The van der Waals surface area contributed by atoms with Crippen LogP contribution in [0.4, 0.5) is 0 Å². The molecule has 0 saturated carbocycles. The first kappa shape index (κ1) is 15.0. The summed E-state index contributed by atoms with van der Waals surface area (Å²) >= 11 is 0. The van der Waals surface area contributed by atoms with Gasteiger partial charge in [-0.25, -0.2) is 0 Å². The minimum absolute atomic E-state index is 0.629. The van der Waals surface area contributed by atoms with Crippen LogP contribution in [-0.4, -0.2) is 37.1 Å². The molecule has 2 nitrogen and oxygen atoms in total. The molecule has 0 aliphatic carbocycles. The van der Waals surface area contributed by atoms with E-state index in [2.05, 4.69) is 37.9 Å². The maximum absolute atomic E-state index is 3.59. The Morgan fingerprint density at radius 3 is 2.71 bits per heavy atom. The van der Waals surface area contributed by atoms with Gasteiger partial charge >= 0.3 is 0 Å². The molecule has 1 fully saturated rings. The number of hydrogen-bond donors (Lipinski definition) is 1. The summed E-state index contributed by atoms with van der Waals surface area (Å²) in [6, 6.07) is 0.629. The van der Waals surface area contributed by atoms with Gasteiger partial charge in [0.05, 0.1) is 0 Å². The normalized spacial score (nSPS) is 24.2. The van der Waals surface area contributed by atoms with E-state index in [9.17, 15) is 0 Å². The summed E-state index contributed by atoms with van der Waals surface area (Å²) < 4.78 is 0. The zero-order valence-corrected chi connectivity index (χ0v) is 12.3. The Kier molecular flexibility index (Phi) is 7.14. The van der Waals surface area contributed by atoms with Gasteiger partial charge < -0.3 is 10.2 Å². The lowest BCUT2D eigenvalue weighted by atomic mass is 9.96. The second-order valence-electron chi connectivity index (χ2n) is 6.22. The Morgan fingerprint density at radius 2 is 2.06 bits per heavy atom. The zero-order chi connectivity index (χ0) is 12.7. The molecule has 1 rings (SSSR count). The summed E-state index contributed by atoms with van der Waals surface area (Å²) in [5, 5.41) is 3.59. The highest BCUT2D eigenvalue weighted by Crippen LogP contribution is 2.18. The van der Waals surface area contributed by atoms with Crippen molar-refractivity contribution in [3.05, 3.63) is 0 Å². The van der Waals surface area contributed by atoms with Gasteiger partial charge in [-0.1, -0.05) is 34.1 Å². The van der Waals surface area contributed by atoms with Crippen LogP contribution in [0, 0.1) is 11.8 Å². The lowest BCUT2D eigenvalue weighted by molar-refractivity contribution is 0.149. The maximum Gasteiger partial charge on any atom is 0.00219 e. The highest BCUT2D eigenvalue weighted by Gasteiger charge is 2.20. The second-order valence-corrected chi connectivity index (χ2v) is 6.22. The first-order valence-electron chi connectivity index (χ1n) is 7.57. The predicted octanol–water partition coefficient (Wildman–Crippen LogP) is 3.13. The van der Waals surface area contributed by atoms with Crippen molar-refractivity contribution in [2.24, 2.45) is 11.8 Å². The van der Waals surface area contributed by atoms with Gasteiger partial charge in [0.15, 0.2) is 0 Å². The van der Waals surface area contributed by atoms with E-state index < -0.39 is 0 Å². The monoisotopic (exact) mass is 240 g/mol. The molecule has 2 unspecified atom stereocenters. The Bertz CT molecular complexity index is 191. The number of hydrogen-bond acceptors (Lipinski definition) is 2. The minimum atomic E-state index is 0.629. The van der Waals surface area contributed by atoms with Crippen molar-refractivity contribution in [1.29, 1.82) is 0 Å². The number of nitrogens with one attached hydrogen (secondary N) is 1. The lowest BCUT2D eigenvalue weighted by Crippen LogP contribution is -2.42. The predicted molar refractivity (Wildman–Crippen MR) is 76.4 cm³/mol. The van der Waals surface area contributed by atoms with E-state index in [1.54, 1.807) is 0 Å². The van der Waals surface area contributed by atoms with Gasteiger partial charge in [-0.15, -0.1) is 0 Å². The van der Waals surface area contributed by atoms with Gasteiger partial charge in [0, 0.05) is 19.1 Å². The third kappa shape index (κ3) is 6.42. The van der Waals surface area contributed by atoms with Crippen LogP contribution in [0.5, 0.6) is 0 Å². The summed E-state index contributed by atoms with van der Waals surface area (Å²) in [6.45, 7) is 14.3. The molecule has 102 valence electrons. The van der Waals surface area contributed by atoms with Crippen molar-refractivity contribution in [2.75, 3.05) is 26.2 Å². The van der Waals surface area contributed by atoms with E-state index in [4.69, 9.17) is 0 Å². The van der Waals surface area contributed by atoms with Gasteiger partial charge in [0.2, 0.25) is 0 Å². The van der Waals surface area contributed by atoms with E-state index in [-0.39, 0.29) is 0 Å². The van der Waals surface area contributed by atoms with Crippen LogP contribution in [0.1, 0.15) is 53.4 Å². The quantitative estimate of drug-likeness (QED) is 0.735. The van der Waals surface area contributed by atoms with Crippen LogP contribution in [-0.2, 0) is 0 Å². The summed E-state index contributed by atoms with van der Waals surface area (Å²) in [4.78, 5) is 2.69. The van der Waals surface area contributed by atoms with Gasteiger partial charge in [-0.3, -0.25) is 0 Å². The molecule has 0 amide bonds. The molecule has 0 aromatic rings. The largest absolute Gasteiger partial charge is 0.314 e. The van der Waals surface area contributed by atoms with Crippen molar-refractivity contribution in [1.82, 2.24) is 10.2 Å². The average Bonchev–Trinajstić information content (AvgIpc) is 2.27. The first-order chi connectivity index (χ1) is 8.11. The van der Waals surface area contributed by atoms with Gasteiger partial charge in [0.25, 0.3) is 0 Å². The molecule has 1 heterocycles. The van der Waals surface area contributed by atoms with Crippen LogP contribution in [0.2, 0.25) is 0 Å². The SMILES string of the molecule is CCCC(C)CN1CCCC(CNC(C)C)C1. The van der Waals surface area contributed by atoms with Gasteiger partial charge in [0.1, 0.15) is 0 Å². The van der Waals surface area contributed by atoms with Crippen LogP contribution in [0.25, 0.3) is 0 Å². The number of likely N-dealkylation sites (tertiary alicyclic amines) is 1. The lowest BCUT2D eigenvalue weighted by Gasteiger charge is -2.34. The third-order valence-corrected chi connectivity index (χ3v) is 3.77. The van der Waals surface area contributed by atoms with Gasteiger partial charge in [-0.2, -0.15) is 0 Å². The molecule has 17 heavy (non-hydrogen) atoms. The molecule has 0 aromatic carbocycles. The highest BCUT2D eigenvalue weighted by molar-refractivity contribution is 4.76. The fourth-order valence-electron chi connectivity index (χ4n) is 2.91. The molecule has 0 radical (unpaired) electrons. The fraction of sp³-hybridized carbons (Fsp3) is 1.00. The molecule has 1 saturated heterocycles. The second kappa shape index (κ2) is 8.10. The van der Waals surface area contributed by atoms with Gasteiger partial charge in [-0.05, 0) is 44.2 Å². The Hall–Kier alpha value is -0.0800. The molecule has 0 aromatic heterocycles. The Morgan fingerprint density at radius 1 is 1.29 bits per heavy atom. The van der Waals surface area contributed by atoms with Crippen molar-refractivity contribution < 1.29 is 0 Å². The van der Waals surface area contributed by atoms with Crippen LogP contribution >= 0.6 is 0 Å². The summed E-state index contributed by atoms with van der Waals surface area (Å²) in [7, 11) is 0. The number of rotatable bonds is 7. The molecule has 1 aliphatic rings. The van der Waals surface area contributed by atoms with Crippen LogP contribution in [0.15, 0.2) is 0 Å². The van der Waals surface area contributed by atoms with Crippen molar-refractivity contribution in [2.45, 2.75) is 59.4 Å². The molecule has 0 spiro atoms. The van der Waals surface area contributed by atoms with Crippen molar-refractivity contribution >= 4 is 0 Å². The zero-order valence-electron chi connectivity index (χ0n) is 12.3. The Balaban J connectivity index is 2.23. The fourth-order valence-corrected chi connectivity index (χ4v) is 2.91. The van der Waals surface area contributed by atoms with Crippen LogP contribution in [0.3, 0.4) is 0 Å². The van der Waals surface area contributed by atoms with Crippen LogP contribution < -0.4 is 5.32 Å².